The van der Waals surface area contributed by atoms with Crippen molar-refractivity contribution in [2.75, 3.05) is 6.54 Å². The fourth-order valence-corrected chi connectivity index (χ4v) is 3.07. The van der Waals surface area contributed by atoms with Crippen LogP contribution in [-0.4, -0.2) is 23.5 Å². The van der Waals surface area contributed by atoms with E-state index in [1.165, 1.54) is 32.2 Å². The third-order valence-electron chi connectivity index (χ3n) is 4.30. The summed E-state index contributed by atoms with van der Waals surface area (Å²) < 4.78 is 0. The molecule has 1 nitrogen and oxygen atoms in total. The van der Waals surface area contributed by atoms with Crippen molar-refractivity contribution in [3.63, 3.8) is 0 Å². The predicted octanol–water partition coefficient (Wildman–Crippen LogP) is 5.98. The van der Waals surface area contributed by atoms with Gasteiger partial charge in [0.15, 0.2) is 0 Å². The van der Waals surface area contributed by atoms with Gasteiger partial charge in [0.1, 0.15) is 0 Å². The van der Waals surface area contributed by atoms with Gasteiger partial charge in [0.05, 0.1) is 0 Å². The van der Waals surface area contributed by atoms with Crippen LogP contribution < -0.4 is 0 Å². The van der Waals surface area contributed by atoms with E-state index in [-0.39, 0.29) is 7.43 Å². The molecule has 0 aromatic heterocycles. The minimum atomic E-state index is 0. The van der Waals surface area contributed by atoms with E-state index >= 15 is 0 Å². The second-order valence-electron chi connectivity index (χ2n) is 6.12. The zero-order chi connectivity index (χ0) is 14.3. The van der Waals surface area contributed by atoms with Gasteiger partial charge in [-0.25, -0.2) is 0 Å². The van der Waals surface area contributed by atoms with Crippen LogP contribution in [0.2, 0.25) is 0 Å². The zero-order valence-electron chi connectivity index (χ0n) is 14.2. The van der Waals surface area contributed by atoms with Crippen molar-refractivity contribution in [3.8, 4) is 0 Å². The normalized spacial score (nSPS) is 24.0. The highest BCUT2D eigenvalue weighted by Crippen LogP contribution is 2.54. The van der Waals surface area contributed by atoms with E-state index < -0.39 is 0 Å². The fraction of sp³-hybridized carbons (Fsp3) is 1.00. The van der Waals surface area contributed by atoms with Crippen LogP contribution in [0, 0.1) is 11.3 Å². The van der Waals surface area contributed by atoms with Gasteiger partial charge < -0.3 is 0 Å². The molecule has 19 heavy (non-hydrogen) atoms. The Hall–Kier alpha value is -0.0400. The third kappa shape index (κ3) is 5.85. The van der Waals surface area contributed by atoms with Crippen LogP contribution >= 0.6 is 0 Å². The summed E-state index contributed by atoms with van der Waals surface area (Å²) in [4.78, 5) is 2.77. The van der Waals surface area contributed by atoms with Crippen LogP contribution in [0.3, 0.4) is 0 Å². The maximum atomic E-state index is 2.77. The number of hydrogen-bond donors (Lipinski definition) is 0. The first-order valence-electron chi connectivity index (χ1n) is 8.30. The summed E-state index contributed by atoms with van der Waals surface area (Å²) in [6, 6.07) is 1.58. The van der Waals surface area contributed by atoms with E-state index in [2.05, 4.69) is 32.6 Å². The van der Waals surface area contributed by atoms with Crippen molar-refractivity contribution in [3.05, 3.63) is 0 Å². The molecule has 0 radical (unpaired) electrons. The van der Waals surface area contributed by atoms with E-state index in [9.17, 15) is 0 Å². The van der Waals surface area contributed by atoms with Gasteiger partial charge in [0.25, 0.3) is 0 Å². The Kier molecular flexibility index (Phi) is 11.0. The van der Waals surface area contributed by atoms with Crippen LogP contribution in [0.1, 0.15) is 88.5 Å². The minimum Gasteiger partial charge on any atom is -0.297 e. The van der Waals surface area contributed by atoms with Crippen molar-refractivity contribution < 1.29 is 0 Å². The predicted molar refractivity (Wildman–Crippen MR) is 90.8 cm³/mol. The lowest BCUT2D eigenvalue weighted by molar-refractivity contribution is 0.0417. The first-order chi connectivity index (χ1) is 8.54. The zero-order valence-corrected chi connectivity index (χ0v) is 14.2. The van der Waals surface area contributed by atoms with Crippen LogP contribution in [0.5, 0.6) is 0 Å². The Morgan fingerprint density at radius 1 is 0.895 bits per heavy atom. The van der Waals surface area contributed by atoms with Crippen molar-refractivity contribution in [2.45, 2.75) is 101 Å². The maximum absolute atomic E-state index is 2.77. The quantitative estimate of drug-likeness (QED) is 0.597. The Morgan fingerprint density at radius 3 is 1.68 bits per heavy atom. The molecule has 118 valence electrons. The molecule has 1 atom stereocenters. The Balaban J connectivity index is 0. The molecule has 0 amide bonds. The molecule has 1 aliphatic carbocycles. The number of piperidine rings is 1. The highest BCUT2D eigenvalue weighted by atomic mass is 15.2. The average Bonchev–Trinajstić information content (AvgIpc) is 3.13. The van der Waals surface area contributed by atoms with Crippen molar-refractivity contribution in [1.82, 2.24) is 4.90 Å². The molecule has 1 unspecified atom stereocenters. The van der Waals surface area contributed by atoms with Crippen LogP contribution in [0.15, 0.2) is 0 Å². The van der Waals surface area contributed by atoms with E-state index in [0.717, 1.165) is 23.4 Å². The van der Waals surface area contributed by atoms with Gasteiger partial charge in [-0.1, -0.05) is 49.0 Å². The lowest BCUT2D eigenvalue weighted by Crippen LogP contribution is -2.50. The van der Waals surface area contributed by atoms with Crippen molar-refractivity contribution >= 4 is 0 Å². The Bertz CT molecular complexity index is 204. The molecular formula is C18H41N. The molecule has 0 aromatic carbocycles. The topological polar surface area (TPSA) is 3.24 Å². The molecule has 0 aromatic rings. The number of rotatable bonds is 2. The summed E-state index contributed by atoms with van der Waals surface area (Å²) in [5.74, 6) is 0.827. The Labute approximate surface area is 124 Å². The molecule has 1 spiro atoms. The van der Waals surface area contributed by atoms with Crippen molar-refractivity contribution in [1.29, 1.82) is 0 Å². The van der Waals surface area contributed by atoms with Gasteiger partial charge in [-0.2, -0.15) is 0 Å². The van der Waals surface area contributed by atoms with Gasteiger partial charge in [-0.05, 0) is 50.9 Å². The number of likely N-dealkylation sites (tertiary alicyclic amines) is 1. The van der Waals surface area contributed by atoms with Crippen LogP contribution in [-0.2, 0) is 0 Å². The molecule has 2 fully saturated rings. The molecule has 0 N–H and O–H groups in total. The average molecular weight is 272 g/mol. The summed E-state index contributed by atoms with van der Waals surface area (Å²) in [6.07, 6.45) is 5.94. The molecule has 2 aliphatic rings. The van der Waals surface area contributed by atoms with E-state index in [1.54, 1.807) is 0 Å². The molecule has 1 heteroatoms. The van der Waals surface area contributed by atoms with E-state index in [1.807, 2.05) is 27.7 Å². The lowest BCUT2D eigenvalue weighted by Gasteiger charge is -2.44. The van der Waals surface area contributed by atoms with Gasteiger partial charge in [-0.15, -0.1) is 0 Å². The fourth-order valence-electron chi connectivity index (χ4n) is 3.07. The van der Waals surface area contributed by atoms with Crippen molar-refractivity contribution in [2.24, 2.45) is 11.3 Å². The summed E-state index contributed by atoms with van der Waals surface area (Å²) in [7, 11) is 0. The molecule has 2 rings (SSSR count). The van der Waals surface area contributed by atoms with E-state index in [4.69, 9.17) is 0 Å². The standard InChI is InChI=1S/C13H25N.2C2H6.CH4/c1-10(2)12-5-6-13(7-8-13)9-14(12)11(3)4;2*1-2;/h10-12H,5-9H2,1-4H3;2*1-2H3;1H4. The third-order valence-corrected chi connectivity index (χ3v) is 4.30. The number of nitrogens with zero attached hydrogens (tertiary/aromatic N) is 1. The van der Waals surface area contributed by atoms with Gasteiger partial charge >= 0.3 is 0 Å². The monoisotopic (exact) mass is 271 g/mol. The molecule has 1 heterocycles. The van der Waals surface area contributed by atoms with E-state index in [0.29, 0.717) is 0 Å². The number of hydrogen-bond acceptors (Lipinski definition) is 1. The second kappa shape index (κ2) is 9.80. The van der Waals surface area contributed by atoms with Crippen LogP contribution in [0.4, 0.5) is 0 Å². The van der Waals surface area contributed by atoms with Gasteiger partial charge in [0, 0.05) is 18.6 Å². The summed E-state index contributed by atoms with van der Waals surface area (Å²) >= 11 is 0. The summed E-state index contributed by atoms with van der Waals surface area (Å²) in [5, 5.41) is 0. The lowest BCUT2D eigenvalue weighted by atomic mass is 9.84. The van der Waals surface area contributed by atoms with Crippen LogP contribution in [0.25, 0.3) is 0 Å². The first-order valence-corrected chi connectivity index (χ1v) is 8.30. The molecule has 1 aliphatic heterocycles. The highest BCUT2D eigenvalue weighted by Gasteiger charge is 2.48. The minimum absolute atomic E-state index is 0. The molecule has 1 saturated heterocycles. The Morgan fingerprint density at radius 2 is 1.37 bits per heavy atom. The summed E-state index contributed by atoms with van der Waals surface area (Å²) in [5.41, 5.74) is 0.773. The second-order valence-corrected chi connectivity index (χ2v) is 6.12. The smallest absolute Gasteiger partial charge is 0.0121 e. The first kappa shape index (κ1) is 21.3. The maximum Gasteiger partial charge on any atom is 0.0121 e. The van der Waals surface area contributed by atoms with Gasteiger partial charge in [0.2, 0.25) is 0 Å². The molecule has 0 bridgehead atoms. The summed E-state index contributed by atoms with van der Waals surface area (Å²) in [6.45, 7) is 18.9. The molecule has 1 saturated carbocycles. The largest absolute Gasteiger partial charge is 0.297 e. The highest BCUT2D eigenvalue weighted by molar-refractivity contribution is 5.01. The molecular weight excluding hydrogens is 230 g/mol. The van der Waals surface area contributed by atoms with Gasteiger partial charge in [-0.3, -0.25) is 4.90 Å². The SMILES string of the molecule is C.CC.CC.CC(C)C1CCC2(CC2)CN1C(C)C.